The van der Waals surface area contributed by atoms with Gasteiger partial charge in [0.2, 0.25) is 5.89 Å². The maximum Gasteiger partial charge on any atom is 0.248 e. The van der Waals surface area contributed by atoms with Gasteiger partial charge in [-0.05, 0) is 19.3 Å². The van der Waals surface area contributed by atoms with Crippen molar-refractivity contribution in [3.8, 4) is 0 Å². The van der Waals surface area contributed by atoms with Crippen molar-refractivity contribution in [3.63, 3.8) is 0 Å². The number of fused-ring (bicyclic) bond motifs is 2. The van der Waals surface area contributed by atoms with Crippen molar-refractivity contribution in [1.82, 2.24) is 19.9 Å². The fourth-order valence-corrected chi connectivity index (χ4v) is 3.18. The second-order valence-electron chi connectivity index (χ2n) is 5.63. The molecular formula is C13H17N5O2. The van der Waals surface area contributed by atoms with Crippen LogP contribution in [0.5, 0.6) is 0 Å². The van der Waals surface area contributed by atoms with E-state index < -0.39 is 6.04 Å². The van der Waals surface area contributed by atoms with Crippen molar-refractivity contribution in [1.29, 1.82) is 0 Å². The molecule has 0 saturated carbocycles. The number of rotatable bonds is 3. The lowest BCUT2D eigenvalue weighted by molar-refractivity contribution is 0.0996. The summed E-state index contributed by atoms with van der Waals surface area (Å²) < 4.78 is 12.9. The number of hydrogen-bond donors (Lipinski definition) is 1. The molecule has 4 heterocycles. The predicted molar refractivity (Wildman–Crippen MR) is 68.8 cm³/mol. The van der Waals surface area contributed by atoms with Gasteiger partial charge in [0.05, 0.1) is 24.3 Å². The lowest BCUT2D eigenvalue weighted by Gasteiger charge is -2.13. The maximum atomic E-state index is 6.14. The summed E-state index contributed by atoms with van der Waals surface area (Å²) in [5.74, 6) is 1.43. The van der Waals surface area contributed by atoms with Gasteiger partial charge in [0, 0.05) is 18.8 Å². The van der Waals surface area contributed by atoms with E-state index in [2.05, 4.69) is 15.2 Å². The van der Waals surface area contributed by atoms with Crippen molar-refractivity contribution in [2.75, 3.05) is 0 Å². The fraction of sp³-hybridized carbons (Fsp3) is 0.615. The minimum Gasteiger partial charge on any atom is -0.374 e. The molecule has 4 rings (SSSR count). The third-order valence-electron chi connectivity index (χ3n) is 4.25. The number of aromatic nitrogens is 4. The number of ether oxygens (including phenoxy) is 1. The van der Waals surface area contributed by atoms with Crippen LogP contribution in [0, 0.1) is 0 Å². The SMILES string of the molecule is Cn1cc(C(N)c2nc(C3CC4CCC3O4)no2)cn1. The Morgan fingerprint density at radius 3 is 3.00 bits per heavy atom. The topological polar surface area (TPSA) is 92.0 Å². The zero-order valence-corrected chi connectivity index (χ0v) is 11.3. The second-order valence-corrected chi connectivity index (χ2v) is 5.63. The molecule has 2 saturated heterocycles. The summed E-state index contributed by atoms with van der Waals surface area (Å²) >= 11 is 0. The molecule has 0 aromatic carbocycles. The number of hydrogen-bond acceptors (Lipinski definition) is 6. The van der Waals surface area contributed by atoms with Crippen LogP contribution in [0.15, 0.2) is 16.9 Å². The Balaban J connectivity index is 1.56. The molecule has 7 nitrogen and oxygen atoms in total. The van der Waals surface area contributed by atoms with Gasteiger partial charge in [0.15, 0.2) is 5.82 Å². The fourth-order valence-electron chi connectivity index (χ4n) is 3.18. The average molecular weight is 275 g/mol. The minimum atomic E-state index is -0.426. The van der Waals surface area contributed by atoms with Crippen LogP contribution >= 0.6 is 0 Å². The first-order chi connectivity index (χ1) is 9.70. The molecule has 2 N–H and O–H groups in total. The summed E-state index contributed by atoms with van der Waals surface area (Å²) in [6.45, 7) is 0. The first-order valence-electron chi connectivity index (χ1n) is 6.94. The smallest absolute Gasteiger partial charge is 0.248 e. The van der Waals surface area contributed by atoms with Gasteiger partial charge in [-0.2, -0.15) is 10.1 Å². The summed E-state index contributed by atoms with van der Waals surface area (Å²) in [7, 11) is 1.85. The molecule has 0 amide bonds. The quantitative estimate of drug-likeness (QED) is 0.894. The first kappa shape index (κ1) is 12.0. The lowest BCUT2D eigenvalue weighted by atomic mass is 9.89. The van der Waals surface area contributed by atoms with Crippen LogP contribution < -0.4 is 5.73 Å². The van der Waals surface area contributed by atoms with Crippen molar-refractivity contribution in [2.45, 2.75) is 43.4 Å². The number of nitrogens with two attached hydrogens (primary N) is 1. The highest BCUT2D eigenvalue weighted by Crippen LogP contribution is 2.43. The highest BCUT2D eigenvalue weighted by Gasteiger charge is 2.43. The molecule has 106 valence electrons. The van der Waals surface area contributed by atoms with Crippen LogP contribution in [0.25, 0.3) is 0 Å². The first-order valence-corrected chi connectivity index (χ1v) is 6.94. The Morgan fingerprint density at radius 1 is 1.45 bits per heavy atom. The van der Waals surface area contributed by atoms with Gasteiger partial charge in [-0.3, -0.25) is 4.68 Å². The number of aryl methyl sites for hydroxylation is 1. The average Bonchev–Trinajstić information content (AvgIpc) is 3.21. The summed E-state index contributed by atoms with van der Waals surface area (Å²) in [5.41, 5.74) is 7.00. The summed E-state index contributed by atoms with van der Waals surface area (Å²) in [6, 6.07) is -0.426. The van der Waals surface area contributed by atoms with Crippen LogP contribution in [0.3, 0.4) is 0 Å². The zero-order valence-electron chi connectivity index (χ0n) is 11.3. The molecule has 0 spiro atoms. The molecule has 2 aliphatic rings. The Labute approximate surface area is 116 Å². The predicted octanol–water partition coefficient (Wildman–Crippen LogP) is 0.886. The zero-order chi connectivity index (χ0) is 13.7. The summed E-state index contributed by atoms with van der Waals surface area (Å²) in [6.07, 6.45) is 7.43. The molecule has 0 aliphatic carbocycles. The second kappa shape index (κ2) is 4.39. The van der Waals surface area contributed by atoms with E-state index in [9.17, 15) is 0 Å². The Morgan fingerprint density at radius 2 is 2.35 bits per heavy atom. The molecule has 2 bridgehead atoms. The van der Waals surface area contributed by atoms with Crippen molar-refractivity contribution >= 4 is 0 Å². The molecule has 2 aromatic heterocycles. The van der Waals surface area contributed by atoms with Gasteiger partial charge in [0.25, 0.3) is 0 Å². The van der Waals surface area contributed by atoms with E-state index in [1.54, 1.807) is 10.9 Å². The standard InChI is InChI=1S/C13H17N5O2/c1-18-6-7(5-15-18)11(14)13-16-12(17-20-13)9-4-8-2-3-10(9)19-8/h5-6,8-11H,2-4,14H2,1H3. The van der Waals surface area contributed by atoms with Gasteiger partial charge >= 0.3 is 0 Å². The van der Waals surface area contributed by atoms with Crippen LogP contribution in [-0.4, -0.2) is 32.1 Å². The molecule has 2 aliphatic heterocycles. The lowest BCUT2D eigenvalue weighted by Crippen LogP contribution is -2.16. The molecule has 2 fully saturated rings. The van der Waals surface area contributed by atoms with Crippen LogP contribution in [0.4, 0.5) is 0 Å². The largest absolute Gasteiger partial charge is 0.374 e. The Bertz CT molecular complexity index is 622. The van der Waals surface area contributed by atoms with Gasteiger partial charge in [0.1, 0.15) is 6.04 Å². The molecule has 4 unspecified atom stereocenters. The summed E-state index contributed by atoms with van der Waals surface area (Å²) in [5, 5.41) is 8.20. The van der Waals surface area contributed by atoms with E-state index >= 15 is 0 Å². The maximum absolute atomic E-state index is 6.14. The normalized spacial score (nSPS) is 30.0. The van der Waals surface area contributed by atoms with E-state index in [1.165, 1.54) is 0 Å². The van der Waals surface area contributed by atoms with E-state index in [0.717, 1.165) is 30.7 Å². The minimum absolute atomic E-state index is 0.250. The van der Waals surface area contributed by atoms with E-state index in [1.807, 2.05) is 13.2 Å². The highest BCUT2D eigenvalue weighted by molar-refractivity contribution is 5.18. The van der Waals surface area contributed by atoms with Gasteiger partial charge in [-0.1, -0.05) is 5.16 Å². The Kier molecular flexibility index (Phi) is 2.64. The van der Waals surface area contributed by atoms with E-state index in [-0.39, 0.29) is 12.0 Å². The molecule has 7 heteroatoms. The third kappa shape index (κ3) is 1.85. The Hall–Kier alpha value is -1.73. The molecule has 4 atom stereocenters. The van der Waals surface area contributed by atoms with Gasteiger partial charge < -0.3 is 15.0 Å². The van der Waals surface area contributed by atoms with Crippen molar-refractivity contribution < 1.29 is 9.26 Å². The van der Waals surface area contributed by atoms with Crippen molar-refractivity contribution in [2.24, 2.45) is 12.8 Å². The highest BCUT2D eigenvalue weighted by atomic mass is 16.5. The van der Waals surface area contributed by atoms with Crippen LogP contribution in [0.2, 0.25) is 0 Å². The number of nitrogens with zero attached hydrogens (tertiary/aromatic N) is 4. The molecule has 20 heavy (non-hydrogen) atoms. The molecule has 2 aromatic rings. The van der Waals surface area contributed by atoms with Crippen LogP contribution in [-0.2, 0) is 11.8 Å². The van der Waals surface area contributed by atoms with Gasteiger partial charge in [-0.15, -0.1) is 0 Å². The van der Waals surface area contributed by atoms with E-state index in [0.29, 0.717) is 12.0 Å². The molecule has 0 radical (unpaired) electrons. The van der Waals surface area contributed by atoms with E-state index in [4.69, 9.17) is 15.0 Å². The van der Waals surface area contributed by atoms with Crippen LogP contribution in [0.1, 0.15) is 48.5 Å². The van der Waals surface area contributed by atoms with Gasteiger partial charge in [-0.25, -0.2) is 0 Å². The summed E-state index contributed by atoms with van der Waals surface area (Å²) in [4.78, 5) is 4.48. The monoisotopic (exact) mass is 275 g/mol. The third-order valence-corrected chi connectivity index (χ3v) is 4.25. The molecular weight excluding hydrogens is 258 g/mol. The van der Waals surface area contributed by atoms with Crippen molar-refractivity contribution in [3.05, 3.63) is 29.7 Å².